The van der Waals surface area contributed by atoms with Crippen LogP contribution in [0.15, 0.2) is 65.3 Å². The molecule has 1 N–H and O–H groups in total. The predicted molar refractivity (Wildman–Crippen MR) is 141 cm³/mol. The molecule has 6 rings (SSSR count). The molecular formula is C29H29N3O3S. The molecule has 0 radical (unpaired) electrons. The average Bonchev–Trinajstić information content (AvgIpc) is 3.64. The van der Waals surface area contributed by atoms with Gasteiger partial charge in [-0.15, -0.1) is 11.3 Å². The Morgan fingerprint density at radius 1 is 1.08 bits per heavy atom. The number of amides is 2. The highest BCUT2D eigenvalue weighted by Gasteiger charge is 2.45. The molecule has 3 heterocycles. The molecule has 2 aromatic heterocycles. The van der Waals surface area contributed by atoms with Crippen molar-refractivity contribution in [1.82, 2.24) is 15.2 Å². The molecule has 184 valence electrons. The van der Waals surface area contributed by atoms with Crippen molar-refractivity contribution in [1.29, 1.82) is 0 Å². The summed E-state index contributed by atoms with van der Waals surface area (Å²) in [6.45, 7) is 3.14. The number of carbonyl (C=O) groups is 2. The van der Waals surface area contributed by atoms with Gasteiger partial charge in [-0.3, -0.25) is 9.59 Å². The molecule has 0 bridgehead atoms. The molecule has 1 aliphatic carbocycles. The number of benzene rings is 2. The average molecular weight is 500 g/mol. The van der Waals surface area contributed by atoms with Gasteiger partial charge in [-0.2, -0.15) is 0 Å². The van der Waals surface area contributed by atoms with Gasteiger partial charge in [0.2, 0.25) is 0 Å². The fourth-order valence-electron chi connectivity index (χ4n) is 6.06. The Balaban J connectivity index is 1.28. The standard InChI is InChI=1S/C29H29N3O3S/c1-18-31-26(19-8-3-2-4-9-19)27(36-18)29(34)32-17-20-10-5-6-11-21(20)24(32)16-30-28(33)23-12-7-13-25-22(23)14-15-35-25/h2-4,7-9,12-15,20-21,24H,5-6,10-11,16-17H2,1H3,(H,30,33)/t20-,21+,24-/m1/s1. The third-order valence-corrected chi connectivity index (χ3v) is 8.70. The number of furan rings is 1. The molecule has 3 atom stereocenters. The van der Waals surface area contributed by atoms with Crippen molar-refractivity contribution in [3.63, 3.8) is 0 Å². The van der Waals surface area contributed by atoms with Crippen molar-refractivity contribution in [2.45, 2.75) is 38.6 Å². The second-order valence-corrected chi connectivity index (χ2v) is 11.1. The highest BCUT2D eigenvalue weighted by atomic mass is 32.1. The van der Waals surface area contributed by atoms with Gasteiger partial charge in [0, 0.05) is 24.0 Å². The number of nitrogens with zero attached hydrogens (tertiary/aromatic N) is 2. The second kappa shape index (κ2) is 9.54. The Bertz CT molecular complexity index is 1410. The molecular weight excluding hydrogens is 470 g/mol. The van der Waals surface area contributed by atoms with E-state index in [2.05, 4.69) is 5.32 Å². The highest BCUT2D eigenvalue weighted by Crippen LogP contribution is 2.42. The smallest absolute Gasteiger partial charge is 0.266 e. The zero-order chi connectivity index (χ0) is 24.6. The topological polar surface area (TPSA) is 75.4 Å². The summed E-state index contributed by atoms with van der Waals surface area (Å²) in [6.07, 6.45) is 6.23. The Labute approximate surface area is 214 Å². The van der Waals surface area contributed by atoms with Gasteiger partial charge in [0.25, 0.3) is 11.8 Å². The fourth-order valence-corrected chi connectivity index (χ4v) is 6.96. The summed E-state index contributed by atoms with van der Waals surface area (Å²) in [4.78, 5) is 34.7. The van der Waals surface area contributed by atoms with Crippen molar-refractivity contribution in [3.05, 3.63) is 76.3 Å². The summed E-state index contributed by atoms with van der Waals surface area (Å²) in [7, 11) is 0. The minimum Gasteiger partial charge on any atom is -0.464 e. The summed E-state index contributed by atoms with van der Waals surface area (Å²) < 4.78 is 5.47. The summed E-state index contributed by atoms with van der Waals surface area (Å²) >= 11 is 1.46. The van der Waals surface area contributed by atoms with E-state index in [1.54, 1.807) is 6.26 Å². The monoisotopic (exact) mass is 499 g/mol. The van der Waals surface area contributed by atoms with Crippen molar-refractivity contribution in [2.24, 2.45) is 11.8 Å². The number of fused-ring (bicyclic) bond motifs is 2. The predicted octanol–water partition coefficient (Wildman–Crippen LogP) is 5.93. The summed E-state index contributed by atoms with van der Waals surface area (Å²) in [5.41, 5.74) is 3.01. The largest absolute Gasteiger partial charge is 0.464 e. The lowest BCUT2D eigenvalue weighted by atomic mass is 9.78. The minimum absolute atomic E-state index is 0.0265. The van der Waals surface area contributed by atoms with Gasteiger partial charge in [0.15, 0.2) is 0 Å². The van der Waals surface area contributed by atoms with Crippen LogP contribution in [0, 0.1) is 18.8 Å². The first kappa shape index (κ1) is 23.0. The highest BCUT2D eigenvalue weighted by molar-refractivity contribution is 7.14. The molecule has 1 aliphatic heterocycles. The molecule has 4 aromatic rings. The van der Waals surface area contributed by atoms with E-state index in [1.807, 2.05) is 66.4 Å². The quantitative estimate of drug-likeness (QED) is 0.370. The van der Waals surface area contributed by atoms with Crippen LogP contribution in [0.4, 0.5) is 0 Å². The Morgan fingerprint density at radius 2 is 1.92 bits per heavy atom. The van der Waals surface area contributed by atoms with Gasteiger partial charge in [-0.25, -0.2) is 4.98 Å². The fraction of sp³-hybridized carbons (Fsp3) is 0.345. The van der Waals surface area contributed by atoms with Crippen molar-refractivity contribution in [3.8, 4) is 11.3 Å². The lowest BCUT2D eigenvalue weighted by molar-refractivity contribution is 0.0708. The van der Waals surface area contributed by atoms with Gasteiger partial charge in [-0.1, -0.05) is 49.2 Å². The summed E-state index contributed by atoms with van der Waals surface area (Å²) in [6, 6.07) is 17.2. The first-order valence-corrected chi connectivity index (χ1v) is 13.5. The van der Waals surface area contributed by atoms with E-state index in [-0.39, 0.29) is 17.9 Å². The Kier molecular flexibility index (Phi) is 6.09. The number of thiazole rings is 1. The molecule has 1 saturated carbocycles. The van der Waals surface area contributed by atoms with Crippen LogP contribution in [-0.4, -0.2) is 40.8 Å². The van der Waals surface area contributed by atoms with E-state index in [0.717, 1.165) is 41.0 Å². The van der Waals surface area contributed by atoms with Crippen LogP contribution < -0.4 is 5.32 Å². The van der Waals surface area contributed by atoms with E-state index < -0.39 is 0 Å². The number of nitrogens with one attached hydrogen (secondary N) is 1. The third-order valence-electron chi connectivity index (χ3n) is 7.74. The molecule has 2 aromatic carbocycles. The molecule has 2 aliphatic rings. The van der Waals surface area contributed by atoms with Crippen LogP contribution in [0.3, 0.4) is 0 Å². The number of likely N-dealkylation sites (tertiary alicyclic amines) is 1. The first-order chi connectivity index (χ1) is 17.6. The lowest BCUT2D eigenvalue weighted by Crippen LogP contribution is -2.45. The van der Waals surface area contributed by atoms with Gasteiger partial charge >= 0.3 is 0 Å². The lowest BCUT2D eigenvalue weighted by Gasteiger charge is -2.30. The molecule has 0 unspecified atom stereocenters. The van der Waals surface area contributed by atoms with E-state index in [0.29, 0.717) is 34.4 Å². The van der Waals surface area contributed by atoms with Crippen molar-refractivity contribution >= 4 is 34.1 Å². The summed E-state index contributed by atoms with van der Waals surface area (Å²) in [5.74, 6) is 0.787. The van der Waals surface area contributed by atoms with Gasteiger partial charge < -0.3 is 14.6 Å². The zero-order valence-electron chi connectivity index (χ0n) is 20.3. The molecule has 2 fully saturated rings. The molecule has 1 saturated heterocycles. The third kappa shape index (κ3) is 4.11. The van der Waals surface area contributed by atoms with Crippen LogP contribution in [0.1, 0.15) is 50.7 Å². The van der Waals surface area contributed by atoms with Gasteiger partial charge in [0.05, 0.1) is 28.6 Å². The van der Waals surface area contributed by atoms with Crippen LogP contribution in [0.5, 0.6) is 0 Å². The number of aromatic nitrogens is 1. The second-order valence-electron chi connectivity index (χ2n) is 9.86. The number of rotatable bonds is 5. The van der Waals surface area contributed by atoms with E-state index in [1.165, 1.54) is 24.2 Å². The minimum atomic E-state index is -0.132. The maximum absolute atomic E-state index is 14.0. The Hall–Kier alpha value is -3.45. The van der Waals surface area contributed by atoms with Crippen LogP contribution in [0.25, 0.3) is 22.2 Å². The molecule has 0 spiro atoms. The molecule has 6 nitrogen and oxygen atoms in total. The van der Waals surface area contributed by atoms with Crippen LogP contribution in [-0.2, 0) is 0 Å². The number of hydrogen-bond donors (Lipinski definition) is 1. The number of hydrogen-bond acceptors (Lipinski definition) is 5. The molecule has 7 heteroatoms. The maximum Gasteiger partial charge on any atom is 0.266 e. The van der Waals surface area contributed by atoms with Crippen LogP contribution in [0.2, 0.25) is 0 Å². The SMILES string of the molecule is Cc1nc(-c2ccccc2)c(C(=O)N2C[C@H]3CCCC[C@@H]3[C@H]2CNC(=O)c2cccc3occc23)s1. The zero-order valence-corrected chi connectivity index (χ0v) is 21.1. The van der Waals surface area contributed by atoms with E-state index >= 15 is 0 Å². The molecule has 36 heavy (non-hydrogen) atoms. The number of aryl methyl sites for hydroxylation is 1. The van der Waals surface area contributed by atoms with Crippen molar-refractivity contribution < 1.29 is 14.0 Å². The maximum atomic E-state index is 14.0. The molecule has 2 amide bonds. The van der Waals surface area contributed by atoms with E-state index in [9.17, 15) is 9.59 Å². The number of carbonyl (C=O) groups excluding carboxylic acids is 2. The normalized spacial score (nSPS) is 21.5. The van der Waals surface area contributed by atoms with E-state index in [4.69, 9.17) is 9.40 Å². The summed E-state index contributed by atoms with van der Waals surface area (Å²) in [5, 5.41) is 4.84. The van der Waals surface area contributed by atoms with Crippen molar-refractivity contribution in [2.75, 3.05) is 13.1 Å². The first-order valence-electron chi connectivity index (χ1n) is 12.7. The van der Waals surface area contributed by atoms with Crippen LogP contribution >= 0.6 is 11.3 Å². The van der Waals surface area contributed by atoms with Gasteiger partial charge in [-0.05, 0) is 49.8 Å². The Morgan fingerprint density at radius 3 is 2.78 bits per heavy atom. The van der Waals surface area contributed by atoms with Gasteiger partial charge in [0.1, 0.15) is 10.5 Å².